The van der Waals surface area contributed by atoms with Crippen molar-refractivity contribution in [2.24, 2.45) is 0 Å². The molecule has 0 aromatic rings. The first kappa shape index (κ1) is 15.9. The highest BCUT2D eigenvalue weighted by Gasteiger charge is 2.20. The molecule has 2 heterocycles. The molecule has 4 heteroatoms. The maximum absolute atomic E-state index is 9.30. The summed E-state index contributed by atoms with van der Waals surface area (Å²) < 4.78 is 0. The molecular weight excluding hydrogens is 228 g/mol. The Morgan fingerprint density at radius 2 is 1.28 bits per heavy atom. The van der Waals surface area contributed by atoms with Gasteiger partial charge in [0.15, 0.2) is 0 Å². The van der Waals surface area contributed by atoms with Crippen LogP contribution in [0.3, 0.4) is 0 Å². The lowest BCUT2D eigenvalue weighted by atomic mass is 10.1. The van der Waals surface area contributed by atoms with E-state index in [1.807, 2.05) is 13.8 Å². The van der Waals surface area contributed by atoms with Crippen molar-refractivity contribution in [3.8, 4) is 0 Å². The maximum Gasteiger partial charge on any atom is 0.0690 e. The van der Waals surface area contributed by atoms with Crippen molar-refractivity contribution in [1.82, 2.24) is 10.6 Å². The average molecular weight is 258 g/mol. The molecule has 18 heavy (non-hydrogen) atoms. The first-order valence-electron chi connectivity index (χ1n) is 7.51. The molecule has 0 aromatic heterocycles. The molecule has 2 rings (SSSR count). The fourth-order valence-electron chi connectivity index (χ4n) is 2.65. The van der Waals surface area contributed by atoms with Gasteiger partial charge in [0.1, 0.15) is 0 Å². The van der Waals surface area contributed by atoms with E-state index in [0.29, 0.717) is 12.1 Å². The fourth-order valence-corrected chi connectivity index (χ4v) is 2.65. The topological polar surface area (TPSA) is 64.5 Å². The van der Waals surface area contributed by atoms with Crippen molar-refractivity contribution in [2.75, 3.05) is 13.1 Å². The van der Waals surface area contributed by atoms with Crippen molar-refractivity contribution in [2.45, 2.75) is 76.7 Å². The predicted molar refractivity (Wildman–Crippen MR) is 74.6 cm³/mol. The zero-order valence-electron chi connectivity index (χ0n) is 11.9. The highest BCUT2D eigenvalue weighted by atomic mass is 16.3. The van der Waals surface area contributed by atoms with Crippen LogP contribution in [0.1, 0.15) is 52.4 Å². The van der Waals surface area contributed by atoms with Crippen LogP contribution in [-0.2, 0) is 0 Å². The average Bonchev–Trinajstić information content (AvgIpc) is 3.09. The van der Waals surface area contributed by atoms with Crippen molar-refractivity contribution < 1.29 is 10.2 Å². The Hall–Kier alpha value is -0.160. The number of hydrogen-bond donors (Lipinski definition) is 4. The van der Waals surface area contributed by atoms with Crippen molar-refractivity contribution in [3.63, 3.8) is 0 Å². The second-order valence-electron chi connectivity index (χ2n) is 5.36. The molecule has 4 atom stereocenters. The first-order valence-corrected chi connectivity index (χ1v) is 7.51. The van der Waals surface area contributed by atoms with E-state index in [1.165, 1.54) is 12.8 Å². The van der Waals surface area contributed by atoms with Gasteiger partial charge >= 0.3 is 0 Å². The minimum Gasteiger partial charge on any atom is -0.392 e. The third-order valence-electron chi connectivity index (χ3n) is 3.96. The molecule has 0 bridgehead atoms. The van der Waals surface area contributed by atoms with Gasteiger partial charge < -0.3 is 20.8 Å². The Morgan fingerprint density at radius 3 is 1.50 bits per heavy atom. The highest BCUT2D eigenvalue weighted by molar-refractivity contribution is 4.80. The van der Waals surface area contributed by atoms with Gasteiger partial charge in [-0.1, -0.05) is 13.8 Å². The molecule has 108 valence electrons. The molecule has 0 spiro atoms. The fraction of sp³-hybridized carbons (Fsp3) is 1.00. The summed E-state index contributed by atoms with van der Waals surface area (Å²) in [7, 11) is 0. The third-order valence-corrected chi connectivity index (χ3v) is 3.96. The number of aliphatic hydroxyl groups is 2. The summed E-state index contributed by atoms with van der Waals surface area (Å²) in [5.41, 5.74) is 0. The van der Waals surface area contributed by atoms with Crippen LogP contribution in [0.5, 0.6) is 0 Å². The van der Waals surface area contributed by atoms with E-state index in [1.54, 1.807) is 0 Å². The smallest absolute Gasteiger partial charge is 0.0690 e. The summed E-state index contributed by atoms with van der Waals surface area (Å²) in [5.74, 6) is 0. The number of aliphatic hydroxyl groups excluding tert-OH is 2. The maximum atomic E-state index is 9.30. The van der Waals surface area contributed by atoms with E-state index in [2.05, 4.69) is 10.6 Å². The van der Waals surface area contributed by atoms with Gasteiger partial charge in [-0.25, -0.2) is 0 Å². The summed E-state index contributed by atoms with van der Waals surface area (Å²) in [5, 5.41) is 25.1. The van der Waals surface area contributed by atoms with E-state index in [-0.39, 0.29) is 12.2 Å². The minimum atomic E-state index is -0.118. The zero-order valence-corrected chi connectivity index (χ0v) is 11.9. The van der Waals surface area contributed by atoms with Crippen LogP contribution in [-0.4, -0.2) is 47.6 Å². The number of nitrogens with one attached hydrogen (secondary N) is 2. The van der Waals surface area contributed by atoms with Gasteiger partial charge in [0, 0.05) is 12.1 Å². The first-order chi connectivity index (χ1) is 8.69. The Kier molecular flexibility index (Phi) is 7.82. The zero-order chi connectivity index (χ0) is 13.4. The minimum absolute atomic E-state index is 0.118. The number of rotatable bonds is 4. The molecule has 0 aromatic carbocycles. The molecule has 0 unspecified atom stereocenters. The van der Waals surface area contributed by atoms with Gasteiger partial charge in [0.25, 0.3) is 0 Å². The Labute approximate surface area is 111 Å². The van der Waals surface area contributed by atoms with Gasteiger partial charge in [-0.2, -0.15) is 0 Å². The molecule has 0 aliphatic carbocycles. The second-order valence-corrected chi connectivity index (χ2v) is 5.36. The molecule has 4 N–H and O–H groups in total. The molecule has 0 amide bonds. The predicted octanol–water partition coefficient (Wildman–Crippen LogP) is 1.02. The van der Waals surface area contributed by atoms with Crippen LogP contribution < -0.4 is 10.6 Å². The largest absolute Gasteiger partial charge is 0.392 e. The van der Waals surface area contributed by atoms with Crippen LogP contribution in [0.2, 0.25) is 0 Å². The summed E-state index contributed by atoms with van der Waals surface area (Å²) in [6, 6.07) is 0.769. The molecule has 4 nitrogen and oxygen atoms in total. The van der Waals surface area contributed by atoms with Gasteiger partial charge in [-0.3, -0.25) is 0 Å². The molecule has 2 fully saturated rings. The van der Waals surface area contributed by atoms with E-state index >= 15 is 0 Å². The highest BCUT2D eigenvalue weighted by Crippen LogP contribution is 2.11. The molecule has 0 saturated carbocycles. The standard InChI is InChI=1S/2C7H15NO/c2*1-2-7(9)6-4-3-5-8-6/h2*6-9H,2-5H2,1H3/t2*6-,7+/m10/s1. The van der Waals surface area contributed by atoms with Crippen LogP contribution in [0.4, 0.5) is 0 Å². The monoisotopic (exact) mass is 258 g/mol. The summed E-state index contributed by atoms with van der Waals surface area (Å²) in [6.07, 6.45) is 6.25. The summed E-state index contributed by atoms with van der Waals surface area (Å²) in [6.45, 7) is 6.21. The molecule has 0 radical (unpaired) electrons. The molecule has 2 aliphatic heterocycles. The van der Waals surface area contributed by atoms with Gasteiger partial charge in [-0.05, 0) is 51.6 Å². The Balaban J connectivity index is 0.000000180. The quantitative estimate of drug-likeness (QED) is 0.608. The molecule has 2 saturated heterocycles. The second kappa shape index (κ2) is 8.86. The van der Waals surface area contributed by atoms with Crippen LogP contribution in [0.15, 0.2) is 0 Å². The van der Waals surface area contributed by atoms with Crippen molar-refractivity contribution in [3.05, 3.63) is 0 Å². The molecule has 2 aliphatic rings. The van der Waals surface area contributed by atoms with E-state index in [4.69, 9.17) is 0 Å². The van der Waals surface area contributed by atoms with Crippen LogP contribution in [0.25, 0.3) is 0 Å². The summed E-state index contributed by atoms with van der Waals surface area (Å²) >= 11 is 0. The lowest BCUT2D eigenvalue weighted by Gasteiger charge is -2.15. The van der Waals surface area contributed by atoms with E-state index in [9.17, 15) is 10.2 Å². The van der Waals surface area contributed by atoms with Gasteiger partial charge in [0.2, 0.25) is 0 Å². The van der Waals surface area contributed by atoms with Gasteiger partial charge in [-0.15, -0.1) is 0 Å². The Bertz CT molecular complexity index is 180. The normalized spacial score (nSPS) is 30.7. The van der Waals surface area contributed by atoms with E-state index in [0.717, 1.165) is 38.8 Å². The molecular formula is C14H30N2O2. The van der Waals surface area contributed by atoms with Crippen molar-refractivity contribution >= 4 is 0 Å². The SMILES string of the molecule is CC[C@@H](O)[C@@H]1CCCN1.CC[C@H](O)[C@H]1CCCN1. The van der Waals surface area contributed by atoms with Crippen LogP contribution in [0, 0.1) is 0 Å². The van der Waals surface area contributed by atoms with Crippen molar-refractivity contribution in [1.29, 1.82) is 0 Å². The summed E-state index contributed by atoms with van der Waals surface area (Å²) in [4.78, 5) is 0. The van der Waals surface area contributed by atoms with Gasteiger partial charge in [0.05, 0.1) is 12.2 Å². The van der Waals surface area contributed by atoms with E-state index < -0.39 is 0 Å². The lowest BCUT2D eigenvalue weighted by Crippen LogP contribution is -2.33. The van der Waals surface area contributed by atoms with Crippen LogP contribution >= 0.6 is 0 Å². The number of hydrogen-bond acceptors (Lipinski definition) is 4. The third kappa shape index (κ3) is 5.22. The lowest BCUT2D eigenvalue weighted by molar-refractivity contribution is 0.131. The Morgan fingerprint density at radius 1 is 0.889 bits per heavy atom.